The Morgan fingerprint density at radius 2 is 1.56 bits per heavy atom. The van der Waals surface area contributed by atoms with E-state index in [1.165, 1.54) is 53.2 Å². The van der Waals surface area contributed by atoms with Crippen LogP contribution in [0.15, 0.2) is 78.9 Å². The summed E-state index contributed by atoms with van der Waals surface area (Å²) in [6, 6.07) is 17.2. The lowest BCUT2D eigenvalue weighted by molar-refractivity contribution is -0.274. The molecule has 34 heavy (non-hydrogen) atoms. The highest BCUT2D eigenvalue weighted by molar-refractivity contribution is 5.99. The van der Waals surface area contributed by atoms with Gasteiger partial charge in [0.05, 0.1) is 11.4 Å². The number of phenols is 1. The summed E-state index contributed by atoms with van der Waals surface area (Å²) in [7, 11) is 0. The number of hydrogen-bond acceptors (Lipinski definition) is 4. The summed E-state index contributed by atoms with van der Waals surface area (Å²) in [6.07, 6.45) is -4.82. The Hall–Kier alpha value is -4.54. The molecule has 3 aromatic carbocycles. The number of carbonyl (C=O) groups is 1. The number of amides is 2. The molecule has 11 heteroatoms. The second-order valence-corrected chi connectivity index (χ2v) is 7.00. The van der Waals surface area contributed by atoms with Gasteiger partial charge in [-0.05, 0) is 72.8 Å². The molecule has 0 saturated heterocycles. The zero-order valence-corrected chi connectivity index (χ0v) is 17.2. The zero-order chi connectivity index (χ0) is 24.3. The first-order valence-corrected chi connectivity index (χ1v) is 9.75. The lowest BCUT2D eigenvalue weighted by atomic mass is 10.1. The third-order valence-corrected chi connectivity index (χ3v) is 4.53. The molecular formula is C23H16F4N4O3. The fourth-order valence-corrected chi connectivity index (χ4v) is 3.04. The van der Waals surface area contributed by atoms with Crippen LogP contribution in [0.2, 0.25) is 0 Å². The van der Waals surface area contributed by atoms with E-state index in [0.717, 1.165) is 12.1 Å². The third kappa shape index (κ3) is 5.63. The van der Waals surface area contributed by atoms with Gasteiger partial charge in [0.15, 0.2) is 0 Å². The van der Waals surface area contributed by atoms with Crippen molar-refractivity contribution < 1.29 is 32.2 Å². The fourth-order valence-electron chi connectivity index (χ4n) is 3.04. The van der Waals surface area contributed by atoms with Gasteiger partial charge in [0.2, 0.25) is 0 Å². The largest absolute Gasteiger partial charge is 0.573 e. The molecule has 0 aliphatic heterocycles. The monoisotopic (exact) mass is 472 g/mol. The molecule has 1 heterocycles. The van der Waals surface area contributed by atoms with Crippen LogP contribution in [0.1, 0.15) is 0 Å². The molecule has 0 radical (unpaired) electrons. The molecule has 2 amide bonds. The maximum atomic E-state index is 13.4. The summed E-state index contributed by atoms with van der Waals surface area (Å²) in [5.74, 6) is -0.554. The molecule has 0 spiro atoms. The van der Waals surface area contributed by atoms with Crippen molar-refractivity contribution in [1.82, 2.24) is 9.78 Å². The lowest BCUT2D eigenvalue weighted by Gasteiger charge is -2.11. The molecule has 0 saturated carbocycles. The number of nitrogens with one attached hydrogen (secondary N) is 2. The van der Waals surface area contributed by atoms with Crippen molar-refractivity contribution in [3.63, 3.8) is 0 Å². The second kappa shape index (κ2) is 9.14. The molecule has 0 atom stereocenters. The molecule has 0 aliphatic rings. The van der Waals surface area contributed by atoms with Crippen molar-refractivity contribution in [3.05, 3.63) is 84.7 Å². The van der Waals surface area contributed by atoms with Crippen LogP contribution in [-0.2, 0) is 0 Å². The van der Waals surface area contributed by atoms with E-state index in [2.05, 4.69) is 20.5 Å². The maximum Gasteiger partial charge on any atom is 0.573 e. The lowest BCUT2D eigenvalue weighted by Crippen LogP contribution is -2.21. The number of benzene rings is 3. The summed E-state index contributed by atoms with van der Waals surface area (Å²) < 4.78 is 55.5. The van der Waals surface area contributed by atoms with Crippen molar-refractivity contribution in [3.8, 4) is 28.4 Å². The van der Waals surface area contributed by atoms with E-state index in [9.17, 15) is 27.5 Å². The number of carbonyl (C=O) groups excluding carboxylic acids is 1. The molecule has 0 fully saturated rings. The highest BCUT2D eigenvalue weighted by Crippen LogP contribution is 2.27. The Bertz CT molecular complexity index is 1290. The van der Waals surface area contributed by atoms with Gasteiger partial charge in [0.1, 0.15) is 23.1 Å². The molecule has 174 valence electrons. The SMILES string of the molecule is O=C(Nc1ccc(OC(F)(F)F)cc1)Nc1cc(-c2ccc(O)cc2)nn1-c1ccc(F)cc1. The minimum absolute atomic E-state index is 0.0751. The van der Waals surface area contributed by atoms with Crippen molar-refractivity contribution in [2.24, 2.45) is 0 Å². The normalized spacial score (nSPS) is 11.2. The minimum atomic E-state index is -4.82. The number of halogens is 4. The predicted octanol–water partition coefficient (Wildman–Crippen LogP) is 5.93. The molecule has 0 unspecified atom stereocenters. The highest BCUT2D eigenvalue weighted by atomic mass is 19.4. The van der Waals surface area contributed by atoms with Gasteiger partial charge < -0.3 is 15.2 Å². The van der Waals surface area contributed by atoms with Gasteiger partial charge >= 0.3 is 12.4 Å². The van der Waals surface area contributed by atoms with Crippen LogP contribution in [0.4, 0.5) is 33.9 Å². The maximum absolute atomic E-state index is 13.4. The van der Waals surface area contributed by atoms with Gasteiger partial charge in [0, 0.05) is 17.3 Å². The van der Waals surface area contributed by atoms with E-state index in [4.69, 9.17) is 0 Å². The molecule has 0 aliphatic carbocycles. The molecule has 1 aromatic heterocycles. The number of nitrogens with zero attached hydrogens (tertiary/aromatic N) is 2. The number of ether oxygens (including phenoxy) is 1. The molecule has 4 rings (SSSR count). The zero-order valence-electron chi connectivity index (χ0n) is 17.2. The fraction of sp³-hybridized carbons (Fsp3) is 0.0435. The van der Waals surface area contributed by atoms with Crippen molar-refractivity contribution in [1.29, 1.82) is 0 Å². The van der Waals surface area contributed by atoms with Gasteiger partial charge in [0.25, 0.3) is 0 Å². The number of urea groups is 1. The van der Waals surface area contributed by atoms with E-state index in [1.807, 2.05) is 0 Å². The number of aromatic nitrogens is 2. The molecular weight excluding hydrogens is 456 g/mol. The predicted molar refractivity (Wildman–Crippen MR) is 116 cm³/mol. The smallest absolute Gasteiger partial charge is 0.508 e. The van der Waals surface area contributed by atoms with Crippen LogP contribution in [0, 0.1) is 5.82 Å². The molecule has 3 N–H and O–H groups in total. The number of aromatic hydroxyl groups is 1. The summed E-state index contributed by atoms with van der Waals surface area (Å²) in [5, 5.41) is 19.1. The van der Waals surface area contributed by atoms with E-state index in [0.29, 0.717) is 16.9 Å². The average Bonchev–Trinajstić information content (AvgIpc) is 3.18. The minimum Gasteiger partial charge on any atom is -0.508 e. The highest BCUT2D eigenvalue weighted by Gasteiger charge is 2.31. The number of rotatable bonds is 5. The Labute approximate surface area is 190 Å². The van der Waals surface area contributed by atoms with Crippen LogP contribution in [-0.4, -0.2) is 27.3 Å². The molecule has 0 bridgehead atoms. The quantitative estimate of drug-likeness (QED) is 0.314. The molecule has 4 aromatic rings. The van der Waals surface area contributed by atoms with Crippen LogP contribution in [0.5, 0.6) is 11.5 Å². The number of alkyl halides is 3. The van der Waals surface area contributed by atoms with Gasteiger partial charge in [-0.1, -0.05) is 0 Å². The van der Waals surface area contributed by atoms with E-state index < -0.39 is 24.0 Å². The van der Waals surface area contributed by atoms with Crippen LogP contribution < -0.4 is 15.4 Å². The topological polar surface area (TPSA) is 88.4 Å². The Morgan fingerprint density at radius 1 is 0.912 bits per heavy atom. The van der Waals surface area contributed by atoms with Gasteiger partial charge in [-0.15, -0.1) is 13.2 Å². The van der Waals surface area contributed by atoms with Crippen molar-refractivity contribution in [2.75, 3.05) is 10.6 Å². The van der Waals surface area contributed by atoms with Crippen LogP contribution >= 0.6 is 0 Å². The Balaban J connectivity index is 1.56. The van der Waals surface area contributed by atoms with E-state index in [-0.39, 0.29) is 17.3 Å². The first-order chi connectivity index (χ1) is 16.2. The summed E-state index contributed by atoms with van der Waals surface area (Å²) in [5.41, 5.74) is 1.81. The summed E-state index contributed by atoms with van der Waals surface area (Å²) >= 11 is 0. The van der Waals surface area contributed by atoms with Crippen molar-refractivity contribution >= 4 is 17.5 Å². The Morgan fingerprint density at radius 3 is 2.18 bits per heavy atom. The molecule has 7 nitrogen and oxygen atoms in total. The summed E-state index contributed by atoms with van der Waals surface area (Å²) in [6.45, 7) is 0. The second-order valence-electron chi connectivity index (χ2n) is 7.00. The number of anilines is 2. The summed E-state index contributed by atoms with van der Waals surface area (Å²) in [4.78, 5) is 12.6. The number of hydrogen-bond donors (Lipinski definition) is 3. The Kier molecular flexibility index (Phi) is 6.09. The van der Waals surface area contributed by atoms with Crippen molar-refractivity contribution in [2.45, 2.75) is 6.36 Å². The van der Waals surface area contributed by atoms with Gasteiger partial charge in [-0.3, -0.25) is 5.32 Å². The first-order valence-electron chi connectivity index (χ1n) is 9.75. The third-order valence-electron chi connectivity index (χ3n) is 4.53. The average molecular weight is 472 g/mol. The van der Waals surface area contributed by atoms with E-state index in [1.54, 1.807) is 18.2 Å². The van der Waals surface area contributed by atoms with Crippen LogP contribution in [0.3, 0.4) is 0 Å². The van der Waals surface area contributed by atoms with Gasteiger partial charge in [-0.2, -0.15) is 5.10 Å². The first kappa shape index (κ1) is 22.6. The van der Waals surface area contributed by atoms with Gasteiger partial charge in [-0.25, -0.2) is 13.9 Å². The van der Waals surface area contributed by atoms with Crippen LogP contribution in [0.25, 0.3) is 16.9 Å². The number of phenolic OH excluding ortho intramolecular Hbond substituents is 1. The van der Waals surface area contributed by atoms with E-state index >= 15 is 0 Å². The standard InChI is InChI=1S/C23H16F4N4O3/c24-15-3-7-17(8-4-15)31-21(13-20(30-31)14-1-9-18(32)10-2-14)29-22(33)28-16-5-11-19(12-6-16)34-23(25,26)27/h1-13,32H,(H2,28,29,33).